The van der Waals surface area contributed by atoms with E-state index >= 15 is 0 Å². The van der Waals surface area contributed by atoms with E-state index in [-0.39, 0.29) is 0 Å². The van der Waals surface area contributed by atoms with Crippen molar-refractivity contribution in [3.63, 3.8) is 0 Å². The second-order valence-corrected chi connectivity index (χ2v) is 6.71. The van der Waals surface area contributed by atoms with E-state index in [0.717, 1.165) is 46.8 Å². The predicted octanol–water partition coefficient (Wildman–Crippen LogP) is 3.04. The zero-order valence-electron chi connectivity index (χ0n) is 12.5. The third-order valence-electron chi connectivity index (χ3n) is 5.45. The van der Waals surface area contributed by atoms with Crippen molar-refractivity contribution in [2.75, 3.05) is 5.73 Å². The topological polar surface area (TPSA) is 56.7 Å². The molecule has 2 fully saturated rings. The van der Waals surface area contributed by atoms with Crippen molar-refractivity contribution in [2.24, 2.45) is 24.8 Å². The summed E-state index contributed by atoms with van der Waals surface area (Å²) in [5, 5.41) is 4.70. The molecule has 3 atom stereocenters. The Kier molecular flexibility index (Phi) is 2.98. The van der Waals surface area contributed by atoms with E-state index in [0.29, 0.717) is 0 Å². The minimum absolute atomic E-state index is 0.751. The molecule has 2 aromatic heterocycles. The van der Waals surface area contributed by atoms with Crippen LogP contribution in [0.3, 0.4) is 0 Å². The summed E-state index contributed by atoms with van der Waals surface area (Å²) in [5.41, 5.74) is 9.59. The number of aryl methyl sites for hydroxylation is 1. The summed E-state index contributed by atoms with van der Waals surface area (Å²) in [6, 6.07) is 4.04. The van der Waals surface area contributed by atoms with Crippen LogP contribution in [-0.4, -0.2) is 14.8 Å². The Morgan fingerprint density at radius 3 is 2.90 bits per heavy atom. The SMILES string of the molecule is Cn1nc(CC2CC3CCC2C3)c(-c2cccnc2)c1N. The largest absolute Gasteiger partial charge is 0.383 e. The third kappa shape index (κ3) is 2.13. The number of pyridine rings is 1. The van der Waals surface area contributed by atoms with Gasteiger partial charge in [-0.3, -0.25) is 9.67 Å². The van der Waals surface area contributed by atoms with E-state index < -0.39 is 0 Å². The number of fused-ring (bicyclic) bond motifs is 2. The molecule has 2 N–H and O–H groups in total. The zero-order valence-corrected chi connectivity index (χ0v) is 12.5. The van der Waals surface area contributed by atoms with Crippen LogP contribution in [0.5, 0.6) is 0 Å². The average molecular weight is 282 g/mol. The molecule has 2 aliphatic rings. The van der Waals surface area contributed by atoms with Gasteiger partial charge in [0.2, 0.25) is 0 Å². The minimum Gasteiger partial charge on any atom is -0.383 e. The van der Waals surface area contributed by atoms with E-state index in [1.165, 1.54) is 25.7 Å². The minimum atomic E-state index is 0.751. The molecule has 4 rings (SSSR count). The van der Waals surface area contributed by atoms with E-state index in [1.807, 2.05) is 24.0 Å². The maximum absolute atomic E-state index is 6.26. The number of hydrogen-bond donors (Lipinski definition) is 1. The Hall–Kier alpha value is -1.84. The Bertz CT molecular complexity index is 646. The van der Waals surface area contributed by atoms with Gasteiger partial charge in [-0.15, -0.1) is 0 Å². The predicted molar refractivity (Wildman–Crippen MR) is 83.5 cm³/mol. The lowest BCUT2D eigenvalue weighted by Crippen LogP contribution is -2.14. The first kappa shape index (κ1) is 12.9. The molecule has 2 aromatic rings. The molecule has 21 heavy (non-hydrogen) atoms. The van der Waals surface area contributed by atoms with Crippen LogP contribution in [0.15, 0.2) is 24.5 Å². The van der Waals surface area contributed by atoms with Crippen LogP contribution in [0.4, 0.5) is 5.82 Å². The lowest BCUT2D eigenvalue weighted by Gasteiger charge is -2.21. The van der Waals surface area contributed by atoms with Crippen molar-refractivity contribution in [1.29, 1.82) is 0 Å². The Labute approximate surface area is 125 Å². The van der Waals surface area contributed by atoms with Crippen LogP contribution >= 0.6 is 0 Å². The molecule has 0 aromatic carbocycles. The highest BCUT2D eigenvalue weighted by Gasteiger charge is 2.40. The standard InChI is InChI=1S/C17H22N4/c1-21-17(18)16(13-3-2-6-19-10-13)15(20-21)9-14-8-11-4-5-12(14)7-11/h2-3,6,10-12,14H,4-5,7-9,18H2,1H3. The monoisotopic (exact) mass is 282 g/mol. The van der Waals surface area contributed by atoms with E-state index in [9.17, 15) is 0 Å². The molecule has 0 saturated heterocycles. The maximum Gasteiger partial charge on any atom is 0.129 e. The van der Waals surface area contributed by atoms with Crippen LogP contribution < -0.4 is 5.73 Å². The van der Waals surface area contributed by atoms with Crippen LogP contribution in [0.25, 0.3) is 11.1 Å². The van der Waals surface area contributed by atoms with Crippen LogP contribution in [0, 0.1) is 17.8 Å². The van der Waals surface area contributed by atoms with Crippen LogP contribution in [0.2, 0.25) is 0 Å². The van der Waals surface area contributed by atoms with E-state index in [2.05, 4.69) is 11.1 Å². The average Bonchev–Trinajstić information content (AvgIpc) is 3.17. The molecule has 2 aliphatic carbocycles. The number of anilines is 1. The lowest BCUT2D eigenvalue weighted by molar-refractivity contribution is 0.329. The first-order valence-corrected chi connectivity index (χ1v) is 7.94. The van der Waals surface area contributed by atoms with Crippen LogP contribution in [0.1, 0.15) is 31.4 Å². The van der Waals surface area contributed by atoms with Crippen molar-refractivity contribution in [3.8, 4) is 11.1 Å². The summed E-state index contributed by atoms with van der Waals surface area (Å²) in [6.45, 7) is 0. The van der Waals surface area contributed by atoms with Gasteiger partial charge in [-0.1, -0.05) is 12.5 Å². The summed E-state index contributed by atoms with van der Waals surface area (Å²) >= 11 is 0. The summed E-state index contributed by atoms with van der Waals surface area (Å²) in [7, 11) is 1.93. The van der Waals surface area contributed by atoms with Crippen molar-refractivity contribution < 1.29 is 0 Å². The second-order valence-electron chi connectivity index (χ2n) is 6.71. The fraction of sp³-hybridized carbons (Fsp3) is 0.529. The fourth-order valence-corrected chi connectivity index (χ4v) is 4.44. The van der Waals surface area contributed by atoms with Crippen LogP contribution in [-0.2, 0) is 13.5 Å². The highest BCUT2D eigenvalue weighted by molar-refractivity contribution is 5.76. The summed E-state index contributed by atoms with van der Waals surface area (Å²) in [4.78, 5) is 4.23. The lowest BCUT2D eigenvalue weighted by atomic mass is 9.84. The quantitative estimate of drug-likeness (QED) is 0.941. The van der Waals surface area contributed by atoms with Gasteiger partial charge in [0.1, 0.15) is 5.82 Å². The van der Waals surface area contributed by atoms with Gasteiger partial charge in [0, 0.05) is 30.6 Å². The summed E-state index contributed by atoms with van der Waals surface area (Å²) < 4.78 is 1.81. The van der Waals surface area contributed by atoms with Crippen molar-refractivity contribution in [3.05, 3.63) is 30.2 Å². The van der Waals surface area contributed by atoms with Crippen molar-refractivity contribution >= 4 is 5.82 Å². The molecule has 0 amide bonds. The first-order valence-electron chi connectivity index (χ1n) is 7.94. The van der Waals surface area contributed by atoms with Gasteiger partial charge >= 0.3 is 0 Å². The molecule has 0 radical (unpaired) electrons. The van der Waals surface area contributed by atoms with Gasteiger partial charge < -0.3 is 5.73 Å². The third-order valence-corrected chi connectivity index (χ3v) is 5.45. The zero-order chi connectivity index (χ0) is 14.4. The van der Waals surface area contributed by atoms with Gasteiger partial charge in [-0.05, 0) is 49.5 Å². The molecule has 110 valence electrons. The molecule has 4 heteroatoms. The number of nitrogen functional groups attached to an aromatic ring is 1. The fourth-order valence-electron chi connectivity index (χ4n) is 4.44. The number of nitrogens with zero attached hydrogens (tertiary/aromatic N) is 3. The molecular formula is C17H22N4. The Morgan fingerprint density at radius 1 is 1.33 bits per heavy atom. The van der Waals surface area contributed by atoms with Gasteiger partial charge in [0.25, 0.3) is 0 Å². The highest BCUT2D eigenvalue weighted by Crippen LogP contribution is 2.50. The Balaban J connectivity index is 1.68. The molecule has 0 spiro atoms. The molecule has 2 heterocycles. The molecule has 2 saturated carbocycles. The van der Waals surface area contributed by atoms with Crippen molar-refractivity contribution in [1.82, 2.24) is 14.8 Å². The highest BCUT2D eigenvalue weighted by atomic mass is 15.3. The van der Waals surface area contributed by atoms with E-state index in [4.69, 9.17) is 10.8 Å². The normalized spacial score (nSPS) is 27.4. The molecule has 2 bridgehead atoms. The van der Waals surface area contributed by atoms with Gasteiger partial charge in [-0.2, -0.15) is 5.10 Å². The molecule has 0 aliphatic heterocycles. The number of aromatic nitrogens is 3. The van der Waals surface area contributed by atoms with Gasteiger partial charge in [0.05, 0.1) is 5.69 Å². The van der Waals surface area contributed by atoms with E-state index in [1.54, 1.807) is 6.20 Å². The maximum atomic E-state index is 6.26. The Morgan fingerprint density at radius 2 is 2.24 bits per heavy atom. The first-order chi connectivity index (χ1) is 10.2. The smallest absolute Gasteiger partial charge is 0.129 e. The van der Waals surface area contributed by atoms with Crippen molar-refractivity contribution in [2.45, 2.75) is 32.1 Å². The number of rotatable bonds is 3. The summed E-state index contributed by atoms with van der Waals surface area (Å²) in [5.74, 6) is 3.44. The molecular weight excluding hydrogens is 260 g/mol. The number of nitrogens with two attached hydrogens (primary N) is 1. The molecule has 3 unspecified atom stereocenters. The number of hydrogen-bond acceptors (Lipinski definition) is 3. The molecule has 4 nitrogen and oxygen atoms in total. The summed E-state index contributed by atoms with van der Waals surface area (Å²) in [6.07, 6.45) is 10.4. The second kappa shape index (κ2) is 4.86. The van der Waals surface area contributed by atoms with Gasteiger partial charge in [-0.25, -0.2) is 0 Å². The van der Waals surface area contributed by atoms with Gasteiger partial charge in [0.15, 0.2) is 0 Å².